The highest BCUT2D eigenvalue weighted by molar-refractivity contribution is 5.67. The summed E-state index contributed by atoms with van der Waals surface area (Å²) in [5.41, 5.74) is 1.01. The number of carbonyl (C=O) groups excluding carboxylic acids is 1. The molecule has 1 aliphatic heterocycles. The Bertz CT molecular complexity index is 411. The molecule has 1 fully saturated rings. The van der Waals surface area contributed by atoms with Crippen LogP contribution in [0.25, 0.3) is 0 Å². The second-order valence-corrected chi connectivity index (χ2v) is 5.41. The van der Waals surface area contributed by atoms with E-state index in [1.807, 2.05) is 44.2 Å². The standard InChI is InChI=1S/C16H23NO3/c1-13(2)20-15-8-10-17(11-9-15)16(18)19-12-14-6-4-3-5-7-14/h3-7,13,15H,8-12H2,1-2H3. The monoisotopic (exact) mass is 277 g/mol. The summed E-state index contributed by atoms with van der Waals surface area (Å²) in [5.74, 6) is 0. The van der Waals surface area contributed by atoms with Crippen molar-refractivity contribution in [3.63, 3.8) is 0 Å². The largest absolute Gasteiger partial charge is 0.445 e. The van der Waals surface area contributed by atoms with Crippen LogP contribution in [-0.2, 0) is 16.1 Å². The number of likely N-dealkylation sites (tertiary alicyclic amines) is 1. The van der Waals surface area contributed by atoms with Gasteiger partial charge < -0.3 is 14.4 Å². The van der Waals surface area contributed by atoms with Crippen LogP contribution >= 0.6 is 0 Å². The second kappa shape index (κ2) is 7.29. The van der Waals surface area contributed by atoms with Crippen LogP contribution in [0.2, 0.25) is 0 Å². The van der Waals surface area contributed by atoms with E-state index in [2.05, 4.69) is 0 Å². The zero-order valence-electron chi connectivity index (χ0n) is 12.2. The van der Waals surface area contributed by atoms with Gasteiger partial charge in [-0.3, -0.25) is 0 Å². The molecule has 0 N–H and O–H groups in total. The molecule has 20 heavy (non-hydrogen) atoms. The van der Waals surface area contributed by atoms with Gasteiger partial charge in [0.05, 0.1) is 12.2 Å². The van der Waals surface area contributed by atoms with Crippen molar-refractivity contribution in [3.05, 3.63) is 35.9 Å². The molecule has 0 saturated carbocycles. The van der Waals surface area contributed by atoms with Crippen LogP contribution in [0, 0.1) is 0 Å². The Morgan fingerprint density at radius 1 is 1.25 bits per heavy atom. The van der Waals surface area contributed by atoms with Crippen molar-refractivity contribution in [1.82, 2.24) is 4.90 Å². The van der Waals surface area contributed by atoms with E-state index in [0.29, 0.717) is 19.7 Å². The molecule has 110 valence electrons. The Labute approximate surface area is 120 Å². The van der Waals surface area contributed by atoms with Crippen LogP contribution in [-0.4, -0.2) is 36.3 Å². The van der Waals surface area contributed by atoms with Crippen molar-refractivity contribution in [2.45, 2.75) is 45.5 Å². The van der Waals surface area contributed by atoms with Gasteiger partial charge in [0.15, 0.2) is 0 Å². The molecule has 0 aromatic heterocycles. The maximum atomic E-state index is 12.0. The van der Waals surface area contributed by atoms with Crippen LogP contribution < -0.4 is 0 Å². The maximum Gasteiger partial charge on any atom is 0.410 e. The fraction of sp³-hybridized carbons (Fsp3) is 0.562. The zero-order chi connectivity index (χ0) is 14.4. The first kappa shape index (κ1) is 14.9. The molecule has 1 aromatic rings. The van der Waals surface area contributed by atoms with E-state index in [1.54, 1.807) is 4.90 Å². The smallest absolute Gasteiger partial charge is 0.410 e. The van der Waals surface area contributed by atoms with Crippen LogP contribution in [0.5, 0.6) is 0 Å². The summed E-state index contributed by atoms with van der Waals surface area (Å²) in [6, 6.07) is 9.74. The van der Waals surface area contributed by atoms with Crippen molar-refractivity contribution in [2.75, 3.05) is 13.1 Å². The lowest BCUT2D eigenvalue weighted by atomic mass is 10.1. The third-order valence-electron chi connectivity index (χ3n) is 3.37. The summed E-state index contributed by atoms with van der Waals surface area (Å²) >= 11 is 0. The molecule has 2 rings (SSSR count). The number of hydrogen-bond donors (Lipinski definition) is 0. The lowest BCUT2D eigenvalue weighted by Gasteiger charge is -2.32. The normalized spacial score (nSPS) is 16.4. The SMILES string of the molecule is CC(C)OC1CCN(C(=O)OCc2ccccc2)CC1. The quantitative estimate of drug-likeness (QED) is 0.848. The third-order valence-corrected chi connectivity index (χ3v) is 3.37. The van der Waals surface area contributed by atoms with Crippen LogP contribution in [0.1, 0.15) is 32.3 Å². The molecular weight excluding hydrogens is 254 g/mol. The molecule has 0 unspecified atom stereocenters. The number of carbonyl (C=O) groups is 1. The van der Waals surface area contributed by atoms with E-state index in [-0.39, 0.29) is 18.3 Å². The number of benzene rings is 1. The van der Waals surface area contributed by atoms with E-state index in [9.17, 15) is 4.79 Å². The lowest BCUT2D eigenvalue weighted by molar-refractivity contribution is -0.0264. The number of rotatable bonds is 4. The van der Waals surface area contributed by atoms with Gasteiger partial charge in [-0.2, -0.15) is 0 Å². The Hall–Kier alpha value is -1.55. The average molecular weight is 277 g/mol. The van der Waals surface area contributed by atoms with E-state index in [4.69, 9.17) is 9.47 Å². The first-order chi connectivity index (χ1) is 9.65. The van der Waals surface area contributed by atoms with Gasteiger partial charge in [-0.1, -0.05) is 30.3 Å². The molecule has 0 aliphatic carbocycles. The number of ether oxygens (including phenoxy) is 2. The molecule has 0 spiro atoms. The first-order valence-corrected chi connectivity index (χ1v) is 7.26. The third kappa shape index (κ3) is 4.53. The highest BCUT2D eigenvalue weighted by atomic mass is 16.6. The van der Waals surface area contributed by atoms with Gasteiger partial charge in [-0.25, -0.2) is 4.79 Å². The topological polar surface area (TPSA) is 38.8 Å². The molecule has 4 nitrogen and oxygen atoms in total. The number of nitrogens with zero attached hydrogens (tertiary/aromatic N) is 1. The Kier molecular flexibility index (Phi) is 5.41. The molecule has 4 heteroatoms. The predicted octanol–water partition coefficient (Wildman–Crippen LogP) is 3.21. The Morgan fingerprint density at radius 2 is 1.90 bits per heavy atom. The van der Waals surface area contributed by atoms with Crippen LogP contribution in [0.4, 0.5) is 4.79 Å². The van der Waals surface area contributed by atoms with Crippen LogP contribution in [0.3, 0.4) is 0 Å². The summed E-state index contributed by atoms with van der Waals surface area (Å²) < 4.78 is 11.1. The Morgan fingerprint density at radius 3 is 2.50 bits per heavy atom. The molecule has 0 atom stereocenters. The molecule has 1 aliphatic rings. The van der Waals surface area contributed by atoms with E-state index in [1.165, 1.54) is 0 Å². The van der Waals surface area contributed by atoms with E-state index >= 15 is 0 Å². The number of piperidine rings is 1. The Balaban J connectivity index is 1.72. The van der Waals surface area contributed by atoms with E-state index in [0.717, 1.165) is 18.4 Å². The van der Waals surface area contributed by atoms with Crippen molar-refractivity contribution in [3.8, 4) is 0 Å². The van der Waals surface area contributed by atoms with Gasteiger partial charge in [0, 0.05) is 13.1 Å². The molecule has 0 bridgehead atoms. The van der Waals surface area contributed by atoms with Gasteiger partial charge in [0.2, 0.25) is 0 Å². The summed E-state index contributed by atoms with van der Waals surface area (Å²) in [5, 5.41) is 0. The minimum atomic E-state index is -0.225. The first-order valence-electron chi connectivity index (χ1n) is 7.26. The summed E-state index contributed by atoms with van der Waals surface area (Å²) in [6.07, 6.45) is 2.07. The minimum absolute atomic E-state index is 0.225. The molecule has 1 heterocycles. The van der Waals surface area contributed by atoms with Gasteiger partial charge in [-0.15, -0.1) is 0 Å². The minimum Gasteiger partial charge on any atom is -0.445 e. The second-order valence-electron chi connectivity index (χ2n) is 5.41. The molecular formula is C16H23NO3. The fourth-order valence-electron chi connectivity index (χ4n) is 2.37. The summed E-state index contributed by atoms with van der Waals surface area (Å²) in [4.78, 5) is 13.7. The highest BCUT2D eigenvalue weighted by Crippen LogP contribution is 2.16. The van der Waals surface area contributed by atoms with Gasteiger partial charge in [0.25, 0.3) is 0 Å². The molecule has 1 saturated heterocycles. The fourth-order valence-corrected chi connectivity index (χ4v) is 2.37. The van der Waals surface area contributed by atoms with E-state index < -0.39 is 0 Å². The lowest BCUT2D eigenvalue weighted by Crippen LogP contribution is -2.41. The average Bonchev–Trinajstić information content (AvgIpc) is 2.46. The van der Waals surface area contributed by atoms with Gasteiger partial charge >= 0.3 is 6.09 Å². The van der Waals surface area contributed by atoms with Crippen molar-refractivity contribution in [1.29, 1.82) is 0 Å². The molecule has 0 radical (unpaired) electrons. The summed E-state index contributed by atoms with van der Waals surface area (Å²) in [7, 11) is 0. The maximum absolute atomic E-state index is 12.0. The number of hydrogen-bond acceptors (Lipinski definition) is 3. The highest BCUT2D eigenvalue weighted by Gasteiger charge is 2.24. The number of amides is 1. The zero-order valence-corrected chi connectivity index (χ0v) is 12.2. The van der Waals surface area contributed by atoms with Crippen molar-refractivity contribution >= 4 is 6.09 Å². The van der Waals surface area contributed by atoms with Crippen molar-refractivity contribution in [2.24, 2.45) is 0 Å². The predicted molar refractivity (Wildman–Crippen MR) is 77.4 cm³/mol. The van der Waals surface area contributed by atoms with Gasteiger partial charge in [-0.05, 0) is 32.3 Å². The molecule has 1 aromatic carbocycles. The molecule has 1 amide bonds. The van der Waals surface area contributed by atoms with Crippen molar-refractivity contribution < 1.29 is 14.3 Å². The van der Waals surface area contributed by atoms with Crippen LogP contribution in [0.15, 0.2) is 30.3 Å². The summed E-state index contributed by atoms with van der Waals surface area (Å²) in [6.45, 7) is 5.85. The van der Waals surface area contributed by atoms with Gasteiger partial charge in [0.1, 0.15) is 6.61 Å².